The van der Waals surface area contributed by atoms with Gasteiger partial charge in [-0.2, -0.15) is 0 Å². The van der Waals surface area contributed by atoms with Crippen LogP contribution in [0.25, 0.3) is 0 Å². The van der Waals surface area contributed by atoms with E-state index in [1.807, 2.05) is 4.90 Å². The van der Waals surface area contributed by atoms with Crippen molar-refractivity contribution in [2.45, 2.75) is 151 Å². The third-order valence-electron chi connectivity index (χ3n) is 10.2. The quantitative estimate of drug-likeness (QED) is 0.375. The number of aliphatic hydroxyl groups is 1. The van der Waals surface area contributed by atoms with E-state index >= 15 is 0 Å². The molecule has 0 spiro atoms. The minimum absolute atomic E-state index is 0.00637. The number of amides is 1. The van der Waals surface area contributed by atoms with Crippen molar-refractivity contribution >= 4 is 5.91 Å². The minimum atomic E-state index is -0.686. The van der Waals surface area contributed by atoms with E-state index in [2.05, 4.69) is 81.5 Å². The van der Waals surface area contributed by atoms with Gasteiger partial charge in [0, 0.05) is 29.0 Å². The molecule has 4 unspecified atom stereocenters. The first-order chi connectivity index (χ1) is 15.1. The van der Waals surface area contributed by atoms with E-state index in [1.165, 1.54) is 0 Å². The number of likely N-dealkylation sites (tertiary alicyclic amines) is 1. The van der Waals surface area contributed by atoms with E-state index in [0.717, 1.165) is 51.4 Å². The van der Waals surface area contributed by atoms with Crippen LogP contribution in [-0.2, 0) is 4.79 Å². The average molecular weight is 465 g/mol. The maximum atomic E-state index is 14.2. The lowest BCUT2D eigenvalue weighted by molar-refractivity contribution is -0.142. The lowest BCUT2D eigenvalue weighted by Gasteiger charge is -2.50. The van der Waals surface area contributed by atoms with Crippen molar-refractivity contribution in [2.24, 2.45) is 28.6 Å². The number of nitrogens with one attached hydrogen (secondary N) is 1. The van der Waals surface area contributed by atoms with Gasteiger partial charge in [0.05, 0.1) is 0 Å². The summed E-state index contributed by atoms with van der Waals surface area (Å²) in [7, 11) is 0. The lowest BCUT2D eigenvalue weighted by Crippen LogP contribution is -2.63. The van der Waals surface area contributed by atoms with E-state index < -0.39 is 6.23 Å². The van der Waals surface area contributed by atoms with Gasteiger partial charge < -0.3 is 15.3 Å². The normalized spacial score (nSPS) is 29.5. The number of rotatable bonds is 10. The highest BCUT2D eigenvalue weighted by Gasteiger charge is 2.57. The van der Waals surface area contributed by atoms with Crippen molar-refractivity contribution in [1.29, 1.82) is 0 Å². The second-order valence-electron chi connectivity index (χ2n) is 13.3. The molecule has 4 atom stereocenters. The molecule has 0 aromatic carbocycles. The molecular formula is C29H56N2O2. The van der Waals surface area contributed by atoms with Crippen LogP contribution in [0.1, 0.15) is 128 Å². The van der Waals surface area contributed by atoms with Crippen molar-refractivity contribution in [3.05, 3.63) is 0 Å². The van der Waals surface area contributed by atoms with Crippen molar-refractivity contribution in [3.63, 3.8) is 0 Å². The smallest absolute Gasteiger partial charge is 0.228 e. The summed E-state index contributed by atoms with van der Waals surface area (Å²) in [6.07, 6.45) is 7.31. The summed E-state index contributed by atoms with van der Waals surface area (Å²) in [6.45, 7) is 25.0. The zero-order valence-corrected chi connectivity index (χ0v) is 23.8. The molecule has 0 radical (unpaired) electrons. The predicted molar refractivity (Wildman–Crippen MR) is 140 cm³/mol. The molecule has 2 aliphatic heterocycles. The Morgan fingerprint density at radius 3 is 1.85 bits per heavy atom. The molecule has 4 heteroatoms. The van der Waals surface area contributed by atoms with E-state index in [1.54, 1.807) is 0 Å². The van der Waals surface area contributed by atoms with Gasteiger partial charge in [0.1, 0.15) is 6.23 Å². The summed E-state index contributed by atoms with van der Waals surface area (Å²) in [5.74, 6) is 0.614. The first-order valence-corrected chi connectivity index (χ1v) is 13.9. The molecule has 0 aromatic heterocycles. The lowest BCUT2D eigenvalue weighted by atomic mass is 9.62. The van der Waals surface area contributed by atoms with Gasteiger partial charge in [0.15, 0.2) is 0 Å². The maximum Gasteiger partial charge on any atom is 0.228 e. The van der Waals surface area contributed by atoms with Gasteiger partial charge in [-0.05, 0) is 63.7 Å². The Labute approximate surface area is 205 Å². The number of carbonyl (C=O) groups is 1. The van der Waals surface area contributed by atoms with Crippen LogP contribution in [0.3, 0.4) is 0 Å². The SMILES string of the molecule is CCC(CC1C(=O)N(C2CC(C)(C)NC(C)(C)C2)C(O)C1C(C)(CC)CC)C(C)(CC)CC. The van der Waals surface area contributed by atoms with Crippen LogP contribution in [0.2, 0.25) is 0 Å². The molecule has 0 bridgehead atoms. The van der Waals surface area contributed by atoms with Crippen LogP contribution in [0.5, 0.6) is 0 Å². The van der Waals surface area contributed by atoms with Gasteiger partial charge in [0.2, 0.25) is 5.91 Å². The fraction of sp³-hybridized carbons (Fsp3) is 0.966. The summed E-state index contributed by atoms with van der Waals surface area (Å²) in [5, 5.41) is 15.6. The summed E-state index contributed by atoms with van der Waals surface area (Å²) < 4.78 is 0. The number of piperidine rings is 1. The number of hydrogen-bond acceptors (Lipinski definition) is 3. The minimum Gasteiger partial charge on any atom is -0.373 e. The molecule has 4 nitrogen and oxygen atoms in total. The number of aliphatic hydroxyl groups excluding tert-OH is 1. The van der Waals surface area contributed by atoms with Gasteiger partial charge in [-0.15, -0.1) is 0 Å². The first-order valence-electron chi connectivity index (χ1n) is 13.9. The third-order valence-corrected chi connectivity index (χ3v) is 10.2. The molecule has 0 aromatic rings. The largest absolute Gasteiger partial charge is 0.373 e. The standard InChI is InChI=1S/C29H56N2O2/c1-12-20(28(10,13-2)14-3)17-22-23(29(11,15-4)16-5)25(33)31(24(22)32)21-18-26(6,7)30-27(8,9)19-21/h20-23,25,30,33H,12-19H2,1-11H3. The highest BCUT2D eigenvalue weighted by atomic mass is 16.3. The maximum absolute atomic E-state index is 14.2. The molecule has 2 rings (SSSR count). The molecule has 2 saturated heterocycles. The van der Waals surface area contributed by atoms with Crippen LogP contribution in [0.4, 0.5) is 0 Å². The summed E-state index contributed by atoms with van der Waals surface area (Å²) in [4.78, 5) is 16.2. The van der Waals surface area contributed by atoms with Crippen LogP contribution in [-0.4, -0.2) is 39.3 Å². The van der Waals surface area contributed by atoms with E-state index in [4.69, 9.17) is 0 Å². The molecule has 2 N–H and O–H groups in total. The molecule has 2 fully saturated rings. The molecular weight excluding hydrogens is 408 g/mol. The van der Waals surface area contributed by atoms with E-state index in [9.17, 15) is 9.90 Å². The molecule has 1 amide bonds. The summed E-state index contributed by atoms with van der Waals surface area (Å²) in [6, 6.07) is 0.0769. The number of carbonyl (C=O) groups excluding carboxylic acids is 1. The Balaban J connectivity index is 2.50. The second kappa shape index (κ2) is 10.2. The molecule has 0 aliphatic carbocycles. The van der Waals surface area contributed by atoms with Crippen molar-refractivity contribution in [2.75, 3.05) is 0 Å². The van der Waals surface area contributed by atoms with Crippen LogP contribution in [0, 0.1) is 28.6 Å². The Hall–Kier alpha value is -0.610. The molecule has 2 aliphatic rings. The van der Waals surface area contributed by atoms with E-state index in [-0.39, 0.29) is 45.7 Å². The number of nitrogens with zero attached hydrogens (tertiary/aromatic N) is 1. The fourth-order valence-electron chi connectivity index (χ4n) is 7.61. The summed E-state index contributed by atoms with van der Waals surface area (Å²) >= 11 is 0. The van der Waals surface area contributed by atoms with Crippen LogP contribution in [0.15, 0.2) is 0 Å². The fourth-order valence-corrected chi connectivity index (χ4v) is 7.61. The van der Waals surface area contributed by atoms with Crippen molar-refractivity contribution in [3.8, 4) is 0 Å². The van der Waals surface area contributed by atoms with Crippen LogP contribution >= 0.6 is 0 Å². The third kappa shape index (κ3) is 5.63. The highest BCUT2D eigenvalue weighted by molar-refractivity contribution is 5.82. The van der Waals surface area contributed by atoms with Crippen molar-refractivity contribution in [1.82, 2.24) is 10.2 Å². The van der Waals surface area contributed by atoms with E-state index in [0.29, 0.717) is 5.92 Å². The number of hydrogen-bond donors (Lipinski definition) is 2. The highest BCUT2D eigenvalue weighted by Crippen LogP contribution is 2.52. The van der Waals surface area contributed by atoms with Crippen molar-refractivity contribution < 1.29 is 9.90 Å². The zero-order chi connectivity index (χ0) is 25.4. The topological polar surface area (TPSA) is 52.6 Å². The zero-order valence-electron chi connectivity index (χ0n) is 23.8. The second-order valence-corrected chi connectivity index (χ2v) is 13.3. The Morgan fingerprint density at radius 1 is 0.970 bits per heavy atom. The molecule has 33 heavy (non-hydrogen) atoms. The Kier molecular flexibility index (Phi) is 8.82. The van der Waals surface area contributed by atoms with Gasteiger partial charge in [-0.1, -0.05) is 80.6 Å². The van der Waals surface area contributed by atoms with Gasteiger partial charge in [-0.25, -0.2) is 0 Å². The molecule has 194 valence electrons. The van der Waals surface area contributed by atoms with Crippen LogP contribution < -0.4 is 5.32 Å². The first kappa shape index (κ1) is 28.6. The summed E-state index contributed by atoms with van der Waals surface area (Å²) in [5.41, 5.74) is 0.0760. The van der Waals surface area contributed by atoms with Gasteiger partial charge >= 0.3 is 0 Å². The van der Waals surface area contributed by atoms with Gasteiger partial charge in [-0.3, -0.25) is 4.79 Å². The molecule has 2 heterocycles. The van der Waals surface area contributed by atoms with Gasteiger partial charge in [0.25, 0.3) is 0 Å². The Morgan fingerprint density at radius 2 is 1.45 bits per heavy atom. The monoisotopic (exact) mass is 464 g/mol. The Bertz CT molecular complexity index is 647. The average Bonchev–Trinajstić information content (AvgIpc) is 2.98. The predicted octanol–water partition coefficient (Wildman–Crippen LogP) is 6.76. The molecule has 0 saturated carbocycles.